The molecule has 4 heterocycles. The third-order valence-corrected chi connectivity index (χ3v) is 6.72. The summed E-state index contributed by atoms with van der Waals surface area (Å²) in [5.74, 6) is 0.740. The number of hydrogen-bond acceptors (Lipinski definition) is 6. The summed E-state index contributed by atoms with van der Waals surface area (Å²) < 4.78 is 1.93. The molecule has 0 saturated carbocycles. The number of benzene rings is 1. The van der Waals surface area contributed by atoms with Gasteiger partial charge in [-0.15, -0.1) is 22.7 Å². The van der Waals surface area contributed by atoms with Gasteiger partial charge in [0, 0.05) is 0 Å². The maximum Gasteiger partial charge on any atom is 0.268 e. The van der Waals surface area contributed by atoms with E-state index in [-0.39, 0.29) is 5.56 Å². The van der Waals surface area contributed by atoms with Crippen LogP contribution in [0.5, 0.6) is 0 Å². The van der Waals surface area contributed by atoms with Gasteiger partial charge in [0.25, 0.3) is 5.56 Å². The third kappa shape index (κ3) is 2.68. The Morgan fingerprint density at radius 1 is 1.20 bits per heavy atom. The molecule has 1 N–H and O–H groups in total. The highest BCUT2D eigenvalue weighted by Gasteiger charge is 2.29. The Morgan fingerprint density at radius 2 is 2.12 bits per heavy atom. The van der Waals surface area contributed by atoms with Crippen LogP contribution >= 0.6 is 22.7 Å². The van der Waals surface area contributed by atoms with E-state index in [1.807, 2.05) is 17.5 Å². The molecule has 1 atom stereocenters. The van der Waals surface area contributed by atoms with E-state index < -0.39 is 0 Å². The predicted octanol–water partition coefficient (Wildman–Crippen LogP) is 3.93. The standard InChI is InChI=1S/C18H16N4OS2/c23-17-16-12(7-9-24-16)19-15(21-17)10-22-8-3-5-13(22)18-20-11-4-1-2-6-14(11)25-18/h1-2,4,6-7,9,13H,3,5,8,10H2,(H,19,21,23)/t13-/m0/s1. The van der Waals surface area contributed by atoms with Crippen molar-refractivity contribution in [2.75, 3.05) is 6.54 Å². The van der Waals surface area contributed by atoms with Gasteiger partial charge in [-0.05, 0) is 43.0 Å². The first kappa shape index (κ1) is 15.2. The van der Waals surface area contributed by atoms with Crippen molar-refractivity contribution < 1.29 is 0 Å². The summed E-state index contributed by atoms with van der Waals surface area (Å²) in [7, 11) is 0. The van der Waals surface area contributed by atoms with Gasteiger partial charge in [0.15, 0.2) is 0 Å². The second-order valence-corrected chi connectivity index (χ2v) is 8.27. The highest BCUT2D eigenvalue weighted by Crippen LogP contribution is 2.36. The monoisotopic (exact) mass is 368 g/mol. The number of fused-ring (bicyclic) bond motifs is 2. The van der Waals surface area contributed by atoms with Crippen LogP contribution in [0, 0.1) is 0 Å². The van der Waals surface area contributed by atoms with Gasteiger partial charge in [0.1, 0.15) is 15.5 Å². The Kier molecular flexibility index (Phi) is 3.65. The Hall–Kier alpha value is -2.09. The van der Waals surface area contributed by atoms with E-state index >= 15 is 0 Å². The highest BCUT2D eigenvalue weighted by atomic mass is 32.1. The SMILES string of the molecule is O=c1[nH]c(CN2CCC[C@H]2c2nc3ccccc3s2)nc2ccsc12. The molecule has 5 nitrogen and oxygen atoms in total. The average molecular weight is 368 g/mol. The number of aromatic amines is 1. The van der Waals surface area contributed by atoms with Crippen molar-refractivity contribution in [1.82, 2.24) is 19.9 Å². The van der Waals surface area contributed by atoms with Crippen LogP contribution < -0.4 is 5.56 Å². The summed E-state index contributed by atoms with van der Waals surface area (Å²) in [6.45, 7) is 1.66. The number of H-pyrrole nitrogens is 1. The molecule has 5 rings (SSSR count). The Balaban J connectivity index is 1.46. The van der Waals surface area contributed by atoms with Crippen LogP contribution in [0.25, 0.3) is 20.4 Å². The number of hydrogen-bond donors (Lipinski definition) is 1. The summed E-state index contributed by atoms with van der Waals surface area (Å²) in [4.78, 5) is 27.0. The molecule has 0 amide bonds. The van der Waals surface area contributed by atoms with Crippen molar-refractivity contribution in [3.63, 3.8) is 0 Å². The van der Waals surface area contributed by atoms with Gasteiger partial charge in [-0.2, -0.15) is 0 Å². The van der Waals surface area contributed by atoms with Gasteiger partial charge in [-0.3, -0.25) is 9.69 Å². The maximum atomic E-state index is 12.2. The van der Waals surface area contributed by atoms with Gasteiger partial charge >= 0.3 is 0 Å². The number of nitrogens with one attached hydrogen (secondary N) is 1. The number of thiophene rings is 1. The van der Waals surface area contributed by atoms with Gasteiger partial charge < -0.3 is 4.98 Å². The minimum absolute atomic E-state index is 0.0364. The van der Waals surface area contributed by atoms with Gasteiger partial charge in [-0.25, -0.2) is 9.97 Å². The zero-order valence-electron chi connectivity index (χ0n) is 13.4. The van der Waals surface area contributed by atoms with Crippen LogP contribution in [0.1, 0.15) is 29.7 Å². The lowest BCUT2D eigenvalue weighted by Crippen LogP contribution is -2.25. The highest BCUT2D eigenvalue weighted by molar-refractivity contribution is 7.18. The van der Waals surface area contributed by atoms with E-state index in [1.54, 1.807) is 11.3 Å². The largest absolute Gasteiger partial charge is 0.308 e. The number of aromatic nitrogens is 3. The van der Waals surface area contributed by atoms with Gasteiger partial charge in [0.05, 0.1) is 28.3 Å². The molecule has 0 bridgehead atoms. The second kappa shape index (κ2) is 6.01. The lowest BCUT2D eigenvalue weighted by atomic mass is 10.2. The molecule has 0 aliphatic carbocycles. The van der Waals surface area contributed by atoms with E-state index in [1.165, 1.54) is 16.0 Å². The molecule has 7 heteroatoms. The molecule has 0 spiro atoms. The van der Waals surface area contributed by atoms with Gasteiger partial charge in [0.2, 0.25) is 0 Å². The molecule has 1 aliphatic heterocycles. The molecule has 1 aromatic carbocycles. The van der Waals surface area contributed by atoms with Crippen LogP contribution in [0.3, 0.4) is 0 Å². The Labute approximate surface area is 152 Å². The van der Waals surface area contributed by atoms with E-state index in [4.69, 9.17) is 4.98 Å². The Morgan fingerprint density at radius 3 is 3.04 bits per heavy atom. The fraction of sp³-hybridized carbons (Fsp3) is 0.278. The average Bonchev–Trinajstić information content (AvgIpc) is 3.33. The molecule has 1 aliphatic rings. The van der Waals surface area contributed by atoms with Crippen LogP contribution in [-0.2, 0) is 6.54 Å². The smallest absolute Gasteiger partial charge is 0.268 e. The normalized spacial score (nSPS) is 18.5. The van der Waals surface area contributed by atoms with Crippen molar-refractivity contribution in [2.45, 2.75) is 25.4 Å². The summed E-state index contributed by atoms with van der Waals surface area (Å²) >= 11 is 3.21. The maximum absolute atomic E-state index is 12.2. The van der Waals surface area contributed by atoms with Gasteiger partial charge in [-0.1, -0.05) is 12.1 Å². The van der Waals surface area contributed by atoms with Crippen LogP contribution in [0.2, 0.25) is 0 Å². The van der Waals surface area contributed by atoms with Crippen molar-refractivity contribution in [3.8, 4) is 0 Å². The Bertz CT molecular complexity index is 1080. The number of para-hydroxylation sites is 1. The molecule has 4 aromatic rings. The van der Waals surface area contributed by atoms with E-state index in [0.717, 1.165) is 41.3 Å². The minimum Gasteiger partial charge on any atom is -0.308 e. The van der Waals surface area contributed by atoms with Crippen molar-refractivity contribution >= 4 is 43.1 Å². The molecule has 0 radical (unpaired) electrons. The molecule has 1 saturated heterocycles. The van der Waals surface area contributed by atoms with Crippen molar-refractivity contribution in [3.05, 3.63) is 56.9 Å². The molecular weight excluding hydrogens is 352 g/mol. The van der Waals surface area contributed by atoms with Crippen LogP contribution in [0.4, 0.5) is 0 Å². The lowest BCUT2D eigenvalue weighted by molar-refractivity contribution is 0.242. The molecule has 1 fully saturated rings. The van der Waals surface area contributed by atoms with Crippen molar-refractivity contribution in [2.24, 2.45) is 0 Å². The fourth-order valence-electron chi connectivity index (χ4n) is 3.52. The summed E-state index contributed by atoms with van der Waals surface area (Å²) in [6.07, 6.45) is 2.25. The fourth-order valence-corrected chi connectivity index (χ4v) is 5.38. The number of nitrogens with zero attached hydrogens (tertiary/aromatic N) is 3. The first-order valence-electron chi connectivity index (χ1n) is 8.34. The molecule has 3 aromatic heterocycles. The van der Waals surface area contributed by atoms with E-state index in [2.05, 4.69) is 33.1 Å². The zero-order valence-corrected chi connectivity index (χ0v) is 15.1. The van der Waals surface area contributed by atoms with E-state index in [0.29, 0.717) is 17.3 Å². The second-order valence-electron chi connectivity index (χ2n) is 6.30. The zero-order chi connectivity index (χ0) is 16.8. The van der Waals surface area contributed by atoms with Crippen LogP contribution in [0.15, 0.2) is 40.5 Å². The lowest BCUT2D eigenvalue weighted by Gasteiger charge is -2.21. The van der Waals surface area contributed by atoms with Crippen molar-refractivity contribution in [1.29, 1.82) is 0 Å². The van der Waals surface area contributed by atoms with E-state index in [9.17, 15) is 4.79 Å². The quantitative estimate of drug-likeness (QED) is 0.595. The number of rotatable bonds is 3. The van der Waals surface area contributed by atoms with Crippen LogP contribution in [-0.4, -0.2) is 26.4 Å². The summed E-state index contributed by atoms with van der Waals surface area (Å²) in [5, 5.41) is 3.08. The third-order valence-electron chi connectivity index (χ3n) is 4.68. The first-order chi connectivity index (χ1) is 12.3. The molecular formula is C18H16N4OS2. The first-order valence-corrected chi connectivity index (χ1v) is 10.0. The molecule has 25 heavy (non-hydrogen) atoms. The number of likely N-dealkylation sites (tertiary alicyclic amines) is 1. The number of thiazole rings is 1. The minimum atomic E-state index is -0.0364. The predicted molar refractivity (Wildman–Crippen MR) is 102 cm³/mol. The molecule has 0 unspecified atom stereocenters. The summed E-state index contributed by atoms with van der Waals surface area (Å²) in [5.41, 5.74) is 1.82. The topological polar surface area (TPSA) is 61.9 Å². The molecule has 126 valence electrons. The summed E-state index contributed by atoms with van der Waals surface area (Å²) in [6, 6.07) is 10.5.